The van der Waals surface area contributed by atoms with Crippen LogP contribution in [0.5, 0.6) is 0 Å². The minimum absolute atomic E-state index is 0.534. The summed E-state index contributed by atoms with van der Waals surface area (Å²) >= 11 is 3.62. The second-order valence-corrected chi connectivity index (χ2v) is 4.57. The number of hydrogen-bond donors (Lipinski definition) is 0. The molecular formula is C10H15BrO. The molecule has 0 amide bonds. The fourth-order valence-electron chi connectivity index (χ4n) is 1.83. The standard InChI is InChI=1S/C10H15BrO/c11-8-10(4-1-2-5-10)6-3-9-7-12-9/h1-2,9H,3-8H2. The molecule has 1 saturated heterocycles. The van der Waals surface area contributed by atoms with Crippen LogP contribution in [0.1, 0.15) is 25.7 Å². The largest absolute Gasteiger partial charge is 0.373 e. The van der Waals surface area contributed by atoms with Crippen LogP contribution in [-0.2, 0) is 4.74 Å². The van der Waals surface area contributed by atoms with Crippen molar-refractivity contribution in [1.29, 1.82) is 0 Å². The predicted octanol–water partition coefficient (Wildman–Crippen LogP) is 2.90. The number of allylic oxidation sites excluding steroid dienone is 2. The third-order valence-corrected chi connectivity index (χ3v) is 4.14. The van der Waals surface area contributed by atoms with E-state index < -0.39 is 0 Å². The topological polar surface area (TPSA) is 12.5 Å². The first-order valence-electron chi connectivity index (χ1n) is 4.67. The van der Waals surface area contributed by atoms with Crippen molar-refractivity contribution in [2.45, 2.75) is 31.8 Å². The maximum absolute atomic E-state index is 5.22. The summed E-state index contributed by atoms with van der Waals surface area (Å²) in [5.74, 6) is 0. The lowest BCUT2D eigenvalue weighted by Gasteiger charge is -2.25. The molecule has 1 unspecified atom stereocenters. The van der Waals surface area contributed by atoms with Crippen LogP contribution in [0.25, 0.3) is 0 Å². The number of alkyl halides is 1. The summed E-state index contributed by atoms with van der Waals surface area (Å²) in [5, 5.41) is 1.14. The number of ether oxygens (including phenoxy) is 1. The molecule has 1 heterocycles. The summed E-state index contributed by atoms with van der Waals surface area (Å²) in [7, 11) is 0. The Hall–Kier alpha value is 0.180. The summed E-state index contributed by atoms with van der Waals surface area (Å²) in [6, 6.07) is 0. The molecule has 12 heavy (non-hydrogen) atoms. The normalized spacial score (nSPS) is 30.9. The van der Waals surface area contributed by atoms with E-state index in [9.17, 15) is 0 Å². The lowest BCUT2D eigenvalue weighted by Crippen LogP contribution is -2.19. The minimum atomic E-state index is 0.534. The fraction of sp³-hybridized carbons (Fsp3) is 0.800. The summed E-state index contributed by atoms with van der Waals surface area (Å²) in [5.41, 5.74) is 0.534. The summed E-state index contributed by atoms with van der Waals surface area (Å²) in [6.07, 6.45) is 10.3. The molecule has 0 aromatic heterocycles. The second-order valence-electron chi connectivity index (χ2n) is 4.01. The summed E-state index contributed by atoms with van der Waals surface area (Å²) in [6.45, 7) is 1.01. The van der Waals surface area contributed by atoms with Crippen LogP contribution in [0.15, 0.2) is 12.2 Å². The first-order valence-corrected chi connectivity index (χ1v) is 5.79. The van der Waals surface area contributed by atoms with Gasteiger partial charge in [-0.15, -0.1) is 0 Å². The van der Waals surface area contributed by atoms with Crippen molar-refractivity contribution in [1.82, 2.24) is 0 Å². The van der Waals surface area contributed by atoms with E-state index in [1.165, 1.54) is 25.7 Å². The molecule has 2 aliphatic rings. The van der Waals surface area contributed by atoms with E-state index in [1.807, 2.05) is 0 Å². The quantitative estimate of drug-likeness (QED) is 0.411. The molecule has 0 radical (unpaired) electrons. The van der Waals surface area contributed by atoms with Crippen LogP contribution < -0.4 is 0 Å². The first-order chi connectivity index (χ1) is 5.85. The highest BCUT2D eigenvalue weighted by Gasteiger charge is 2.32. The van der Waals surface area contributed by atoms with Crippen LogP contribution in [0.3, 0.4) is 0 Å². The number of epoxide rings is 1. The summed E-state index contributed by atoms with van der Waals surface area (Å²) in [4.78, 5) is 0. The number of halogens is 1. The van der Waals surface area contributed by atoms with Gasteiger partial charge >= 0.3 is 0 Å². The third-order valence-electron chi connectivity index (χ3n) is 2.95. The maximum atomic E-state index is 5.22. The lowest BCUT2D eigenvalue weighted by molar-refractivity contribution is 0.294. The molecular weight excluding hydrogens is 216 g/mol. The van der Waals surface area contributed by atoms with Crippen LogP contribution in [-0.4, -0.2) is 18.0 Å². The Morgan fingerprint density at radius 2 is 2.08 bits per heavy atom. The van der Waals surface area contributed by atoms with E-state index >= 15 is 0 Å². The second kappa shape index (κ2) is 3.51. The Balaban J connectivity index is 1.80. The zero-order valence-corrected chi connectivity index (χ0v) is 8.85. The van der Waals surface area contributed by atoms with Crippen LogP contribution >= 0.6 is 15.9 Å². The van der Waals surface area contributed by atoms with Crippen molar-refractivity contribution in [2.24, 2.45) is 5.41 Å². The van der Waals surface area contributed by atoms with Gasteiger partial charge in [-0.1, -0.05) is 28.1 Å². The van der Waals surface area contributed by atoms with Crippen molar-refractivity contribution in [3.63, 3.8) is 0 Å². The van der Waals surface area contributed by atoms with Crippen LogP contribution in [0.2, 0.25) is 0 Å². The molecule has 68 valence electrons. The highest BCUT2D eigenvalue weighted by Crippen LogP contribution is 2.40. The smallest absolute Gasteiger partial charge is 0.0810 e. The van der Waals surface area contributed by atoms with Crippen LogP contribution in [0.4, 0.5) is 0 Å². The van der Waals surface area contributed by atoms with Gasteiger partial charge in [-0.05, 0) is 31.1 Å². The maximum Gasteiger partial charge on any atom is 0.0810 e. The monoisotopic (exact) mass is 230 g/mol. The van der Waals surface area contributed by atoms with E-state index in [2.05, 4.69) is 28.1 Å². The predicted molar refractivity (Wildman–Crippen MR) is 53.6 cm³/mol. The molecule has 1 fully saturated rings. The molecule has 1 aliphatic carbocycles. The van der Waals surface area contributed by atoms with E-state index in [0.29, 0.717) is 11.5 Å². The number of hydrogen-bond acceptors (Lipinski definition) is 1. The fourth-order valence-corrected chi connectivity index (χ4v) is 2.57. The van der Waals surface area contributed by atoms with Gasteiger partial charge in [-0.25, -0.2) is 0 Å². The lowest BCUT2D eigenvalue weighted by atomic mass is 9.82. The Labute approximate surface area is 82.3 Å². The molecule has 0 N–H and O–H groups in total. The molecule has 0 spiro atoms. The Morgan fingerprint density at radius 1 is 1.42 bits per heavy atom. The van der Waals surface area contributed by atoms with Crippen molar-refractivity contribution in [2.75, 3.05) is 11.9 Å². The zero-order chi connectivity index (χ0) is 8.44. The third kappa shape index (κ3) is 1.91. The van der Waals surface area contributed by atoms with Gasteiger partial charge in [0.2, 0.25) is 0 Å². The Kier molecular flexibility index (Phi) is 2.56. The van der Waals surface area contributed by atoms with Gasteiger partial charge in [0, 0.05) is 5.33 Å². The van der Waals surface area contributed by atoms with Crippen molar-refractivity contribution in [3.05, 3.63) is 12.2 Å². The van der Waals surface area contributed by atoms with E-state index in [-0.39, 0.29) is 0 Å². The highest BCUT2D eigenvalue weighted by molar-refractivity contribution is 9.09. The van der Waals surface area contributed by atoms with E-state index in [1.54, 1.807) is 0 Å². The Morgan fingerprint density at radius 3 is 2.58 bits per heavy atom. The molecule has 1 nitrogen and oxygen atoms in total. The number of rotatable bonds is 4. The van der Waals surface area contributed by atoms with E-state index in [4.69, 9.17) is 4.74 Å². The zero-order valence-electron chi connectivity index (χ0n) is 7.26. The molecule has 0 saturated carbocycles. The van der Waals surface area contributed by atoms with Crippen LogP contribution in [0, 0.1) is 5.41 Å². The van der Waals surface area contributed by atoms with Crippen molar-refractivity contribution >= 4 is 15.9 Å². The average molecular weight is 231 g/mol. The van der Waals surface area contributed by atoms with Gasteiger partial charge < -0.3 is 4.74 Å². The van der Waals surface area contributed by atoms with Gasteiger partial charge in [0.25, 0.3) is 0 Å². The Bertz CT molecular complexity index is 176. The molecule has 2 heteroatoms. The molecule has 0 aromatic carbocycles. The minimum Gasteiger partial charge on any atom is -0.373 e. The SMILES string of the molecule is BrCC1(CCC2CO2)CC=CC1. The van der Waals surface area contributed by atoms with Gasteiger partial charge in [0.1, 0.15) is 0 Å². The van der Waals surface area contributed by atoms with Gasteiger partial charge in [-0.3, -0.25) is 0 Å². The van der Waals surface area contributed by atoms with Gasteiger partial charge in [0.15, 0.2) is 0 Å². The molecule has 1 aliphatic heterocycles. The summed E-state index contributed by atoms with van der Waals surface area (Å²) < 4.78 is 5.22. The highest BCUT2D eigenvalue weighted by atomic mass is 79.9. The molecule has 0 aromatic rings. The van der Waals surface area contributed by atoms with Gasteiger partial charge in [0.05, 0.1) is 12.7 Å². The molecule has 1 atom stereocenters. The first kappa shape index (κ1) is 8.76. The molecule has 2 rings (SSSR count). The van der Waals surface area contributed by atoms with Gasteiger partial charge in [-0.2, -0.15) is 0 Å². The van der Waals surface area contributed by atoms with E-state index in [0.717, 1.165) is 11.9 Å². The molecule has 0 bridgehead atoms. The average Bonchev–Trinajstić information content (AvgIpc) is 2.82. The van der Waals surface area contributed by atoms with Crippen molar-refractivity contribution < 1.29 is 4.74 Å². The van der Waals surface area contributed by atoms with Crippen molar-refractivity contribution in [3.8, 4) is 0 Å².